The molecule has 2 aromatic rings. The highest BCUT2D eigenvalue weighted by Crippen LogP contribution is 2.28. The van der Waals surface area contributed by atoms with Crippen LogP contribution >= 0.6 is 24.0 Å². The lowest BCUT2D eigenvalue weighted by Gasteiger charge is -2.14. The summed E-state index contributed by atoms with van der Waals surface area (Å²) in [5, 5.41) is 6.75. The van der Waals surface area contributed by atoms with Crippen LogP contribution in [-0.2, 0) is 29.2 Å². The molecule has 2 N–H and O–H groups in total. The van der Waals surface area contributed by atoms with Crippen LogP contribution in [0.3, 0.4) is 0 Å². The quantitative estimate of drug-likeness (QED) is 0.186. The van der Waals surface area contributed by atoms with Gasteiger partial charge in [0.25, 0.3) is 0 Å². The van der Waals surface area contributed by atoms with Crippen LogP contribution in [0.25, 0.3) is 0 Å². The predicted octanol–water partition coefficient (Wildman–Crippen LogP) is 4.50. The van der Waals surface area contributed by atoms with Gasteiger partial charge in [0.1, 0.15) is 0 Å². The summed E-state index contributed by atoms with van der Waals surface area (Å²) < 4.78 is 11.6. The van der Waals surface area contributed by atoms with E-state index in [9.17, 15) is 0 Å². The van der Waals surface area contributed by atoms with E-state index in [0.29, 0.717) is 19.8 Å². The van der Waals surface area contributed by atoms with Gasteiger partial charge in [0.2, 0.25) is 0 Å². The first-order chi connectivity index (χ1) is 14.3. The maximum atomic E-state index is 5.92. The number of nitrogens with zero attached hydrogens (tertiary/aromatic N) is 1. The normalized spacial score (nSPS) is 13.6. The monoisotopic (exact) mass is 523 g/mol. The summed E-state index contributed by atoms with van der Waals surface area (Å²) in [6.07, 6.45) is 3.67. The fourth-order valence-electron chi connectivity index (χ4n) is 3.04. The zero-order valence-electron chi connectivity index (χ0n) is 17.8. The molecule has 3 rings (SSSR count). The molecular weight excluding hydrogens is 489 g/mol. The Morgan fingerprint density at radius 2 is 1.67 bits per heavy atom. The zero-order chi connectivity index (χ0) is 20.2. The number of hydrogen-bond donors (Lipinski definition) is 2. The second kappa shape index (κ2) is 14.4. The first kappa shape index (κ1) is 24.6. The number of ether oxygens (including phenoxy) is 2. The lowest BCUT2D eigenvalue weighted by molar-refractivity contribution is 0.106. The van der Waals surface area contributed by atoms with Crippen LogP contribution in [0.5, 0.6) is 0 Å². The van der Waals surface area contributed by atoms with Gasteiger partial charge in [-0.1, -0.05) is 54.6 Å². The molecule has 30 heavy (non-hydrogen) atoms. The van der Waals surface area contributed by atoms with E-state index in [0.717, 1.165) is 38.1 Å². The van der Waals surface area contributed by atoms with Crippen molar-refractivity contribution >= 4 is 29.9 Å². The second-order valence-electron chi connectivity index (χ2n) is 7.47. The molecule has 1 saturated carbocycles. The van der Waals surface area contributed by atoms with E-state index in [2.05, 4.69) is 52.0 Å². The van der Waals surface area contributed by atoms with Gasteiger partial charge in [-0.15, -0.1) is 24.0 Å². The minimum Gasteiger partial charge on any atom is -0.381 e. The average Bonchev–Trinajstić information content (AvgIpc) is 3.59. The molecule has 2 aromatic carbocycles. The van der Waals surface area contributed by atoms with Crippen LogP contribution < -0.4 is 10.6 Å². The molecule has 0 heterocycles. The van der Waals surface area contributed by atoms with Gasteiger partial charge in [0, 0.05) is 33.4 Å². The molecule has 1 aliphatic rings. The Balaban J connectivity index is 0.00000320. The minimum absolute atomic E-state index is 0. The lowest BCUT2D eigenvalue weighted by Crippen LogP contribution is -2.37. The Labute approximate surface area is 197 Å². The lowest BCUT2D eigenvalue weighted by atomic mass is 10.1. The van der Waals surface area contributed by atoms with Crippen LogP contribution in [0.1, 0.15) is 36.0 Å². The molecule has 0 aromatic heterocycles. The molecule has 0 bridgehead atoms. The molecule has 164 valence electrons. The zero-order valence-corrected chi connectivity index (χ0v) is 20.1. The summed E-state index contributed by atoms with van der Waals surface area (Å²) in [6, 6.07) is 18.6. The summed E-state index contributed by atoms with van der Waals surface area (Å²) in [4.78, 5) is 4.31. The van der Waals surface area contributed by atoms with Crippen molar-refractivity contribution in [1.29, 1.82) is 0 Å². The number of guanidine groups is 1. The third-order valence-corrected chi connectivity index (χ3v) is 4.97. The number of hydrogen-bond acceptors (Lipinski definition) is 3. The molecule has 1 aliphatic carbocycles. The van der Waals surface area contributed by atoms with Crippen molar-refractivity contribution in [2.75, 3.05) is 26.8 Å². The molecular formula is C24H34IN3O2. The molecule has 5 nitrogen and oxygen atoms in total. The van der Waals surface area contributed by atoms with Gasteiger partial charge in [-0.05, 0) is 41.9 Å². The van der Waals surface area contributed by atoms with Crippen molar-refractivity contribution in [3.05, 3.63) is 71.3 Å². The fourth-order valence-corrected chi connectivity index (χ4v) is 3.04. The SMILES string of the molecule is CN=C(NCCCOCC1CC1)NCc1ccccc1COCc1ccccc1.I. The highest BCUT2D eigenvalue weighted by molar-refractivity contribution is 14.0. The van der Waals surface area contributed by atoms with Gasteiger partial charge >= 0.3 is 0 Å². The van der Waals surface area contributed by atoms with E-state index >= 15 is 0 Å². The highest BCUT2D eigenvalue weighted by Gasteiger charge is 2.20. The van der Waals surface area contributed by atoms with Gasteiger partial charge in [-0.3, -0.25) is 4.99 Å². The first-order valence-corrected chi connectivity index (χ1v) is 10.6. The minimum atomic E-state index is 0. The summed E-state index contributed by atoms with van der Waals surface area (Å²) in [5.74, 6) is 1.64. The summed E-state index contributed by atoms with van der Waals surface area (Å²) in [5.41, 5.74) is 3.60. The molecule has 0 atom stereocenters. The van der Waals surface area contributed by atoms with Crippen LogP contribution in [0.15, 0.2) is 59.6 Å². The molecule has 0 amide bonds. The summed E-state index contributed by atoms with van der Waals surface area (Å²) in [6.45, 7) is 4.51. The molecule has 0 spiro atoms. The third-order valence-electron chi connectivity index (χ3n) is 4.97. The maximum Gasteiger partial charge on any atom is 0.191 e. The van der Waals surface area contributed by atoms with Crippen molar-refractivity contribution in [2.45, 2.75) is 39.0 Å². The number of aliphatic imine (C=N–C) groups is 1. The van der Waals surface area contributed by atoms with E-state index in [-0.39, 0.29) is 24.0 Å². The van der Waals surface area contributed by atoms with Crippen molar-refractivity contribution in [3.63, 3.8) is 0 Å². The molecule has 1 fully saturated rings. The van der Waals surface area contributed by atoms with E-state index in [1.54, 1.807) is 7.05 Å². The van der Waals surface area contributed by atoms with Gasteiger partial charge in [-0.25, -0.2) is 0 Å². The van der Waals surface area contributed by atoms with Crippen LogP contribution in [-0.4, -0.2) is 32.8 Å². The van der Waals surface area contributed by atoms with E-state index < -0.39 is 0 Å². The topological polar surface area (TPSA) is 54.9 Å². The Kier molecular flexibility index (Phi) is 11.8. The highest BCUT2D eigenvalue weighted by atomic mass is 127. The predicted molar refractivity (Wildman–Crippen MR) is 133 cm³/mol. The van der Waals surface area contributed by atoms with Crippen molar-refractivity contribution < 1.29 is 9.47 Å². The molecule has 0 unspecified atom stereocenters. The molecule has 0 radical (unpaired) electrons. The van der Waals surface area contributed by atoms with Crippen molar-refractivity contribution in [1.82, 2.24) is 10.6 Å². The van der Waals surface area contributed by atoms with E-state index in [1.807, 2.05) is 18.2 Å². The van der Waals surface area contributed by atoms with Gasteiger partial charge < -0.3 is 20.1 Å². The Morgan fingerprint density at radius 3 is 2.40 bits per heavy atom. The van der Waals surface area contributed by atoms with Crippen molar-refractivity contribution in [2.24, 2.45) is 10.9 Å². The van der Waals surface area contributed by atoms with Crippen LogP contribution in [0, 0.1) is 5.92 Å². The molecule has 0 aliphatic heterocycles. The van der Waals surface area contributed by atoms with Crippen molar-refractivity contribution in [3.8, 4) is 0 Å². The van der Waals surface area contributed by atoms with E-state index in [1.165, 1.54) is 29.5 Å². The van der Waals surface area contributed by atoms with Crippen LogP contribution in [0.4, 0.5) is 0 Å². The number of nitrogens with one attached hydrogen (secondary N) is 2. The van der Waals surface area contributed by atoms with E-state index in [4.69, 9.17) is 9.47 Å². The molecule has 6 heteroatoms. The second-order valence-corrected chi connectivity index (χ2v) is 7.47. The van der Waals surface area contributed by atoms with Gasteiger partial charge in [0.15, 0.2) is 5.96 Å². The summed E-state index contributed by atoms with van der Waals surface area (Å²) in [7, 11) is 1.80. The Morgan fingerprint density at radius 1 is 0.933 bits per heavy atom. The van der Waals surface area contributed by atoms with Crippen LogP contribution in [0.2, 0.25) is 0 Å². The van der Waals surface area contributed by atoms with Gasteiger partial charge in [-0.2, -0.15) is 0 Å². The number of benzene rings is 2. The Bertz CT molecular complexity index is 751. The average molecular weight is 523 g/mol. The third kappa shape index (κ3) is 9.45. The largest absolute Gasteiger partial charge is 0.381 e. The van der Waals surface area contributed by atoms with Gasteiger partial charge in [0.05, 0.1) is 13.2 Å². The molecule has 0 saturated heterocycles. The fraction of sp³-hybridized carbons (Fsp3) is 0.458. The number of rotatable bonds is 12. The Hall–Kier alpha value is -1.64. The standard InChI is InChI=1S/C24H33N3O2.HI/c1-25-24(26-14-7-15-28-17-21-12-13-21)27-16-22-10-5-6-11-23(22)19-29-18-20-8-3-2-4-9-20;/h2-6,8-11,21H,7,12-19H2,1H3,(H2,25,26,27);1H. The number of halogens is 1. The maximum absolute atomic E-state index is 5.92. The first-order valence-electron chi connectivity index (χ1n) is 10.6. The summed E-state index contributed by atoms with van der Waals surface area (Å²) >= 11 is 0. The smallest absolute Gasteiger partial charge is 0.191 e.